The normalized spacial score (nSPS) is 16.8. The molecule has 1 aromatic heterocycles. The maximum Gasteiger partial charge on any atom is 0.330 e. The molecule has 4 aromatic carbocycles. The van der Waals surface area contributed by atoms with Gasteiger partial charge < -0.3 is 47.4 Å². The molecule has 1 heterocycles. The van der Waals surface area contributed by atoms with Gasteiger partial charge in [0.1, 0.15) is 34.5 Å². The van der Waals surface area contributed by atoms with Gasteiger partial charge >= 0.3 is 23.9 Å². The van der Waals surface area contributed by atoms with Gasteiger partial charge in [0.25, 0.3) is 0 Å². The van der Waals surface area contributed by atoms with Crippen LogP contribution in [-0.2, 0) is 44.7 Å². The fourth-order valence-corrected chi connectivity index (χ4v) is 11.2. The number of anilines is 1. The Balaban J connectivity index is 0.888. The highest BCUT2D eigenvalue weighted by Crippen LogP contribution is 2.36. The first-order valence-corrected chi connectivity index (χ1v) is 30.7. The molecule has 454 valence electrons. The van der Waals surface area contributed by atoms with E-state index in [9.17, 15) is 19.2 Å². The van der Waals surface area contributed by atoms with E-state index < -0.39 is 11.9 Å². The van der Waals surface area contributed by atoms with Gasteiger partial charge in [0, 0.05) is 38.4 Å². The number of thiazole rings is 1. The number of esters is 4. The molecule has 18 heteroatoms. The number of fused-ring (bicyclic) bond motifs is 1. The van der Waals surface area contributed by atoms with Crippen LogP contribution < -0.4 is 33.4 Å². The van der Waals surface area contributed by atoms with Crippen LogP contribution >= 0.6 is 11.3 Å². The predicted octanol–water partition coefficient (Wildman–Crippen LogP) is 12.7. The maximum absolute atomic E-state index is 13.4. The van der Waals surface area contributed by atoms with E-state index in [1.807, 2.05) is 54.6 Å². The Hall–Kier alpha value is -6.99. The number of hydrogen-bond donors (Lipinski definition) is 0. The summed E-state index contributed by atoms with van der Waals surface area (Å²) in [7, 11) is 3.72. The van der Waals surface area contributed by atoms with Crippen molar-refractivity contribution in [2.24, 2.45) is 23.7 Å². The first-order valence-electron chi connectivity index (χ1n) is 29.8. The van der Waals surface area contributed by atoms with Gasteiger partial charge in [-0.1, -0.05) is 36.6 Å². The smallest absolute Gasteiger partial charge is 0.330 e. The minimum atomic E-state index is -0.396. The van der Waals surface area contributed by atoms with Gasteiger partial charge in [-0.25, -0.2) is 19.6 Å². The third-order valence-electron chi connectivity index (χ3n) is 15.1. The molecule has 0 unspecified atom stereocenters. The van der Waals surface area contributed by atoms with Crippen LogP contribution in [0.2, 0.25) is 0 Å². The van der Waals surface area contributed by atoms with Crippen molar-refractivity contribution in [1.82, 2.24) is 9.99 Å². The van der Waals surface area contributed by atoms with Crippen molar-refractivity contribution in [3.8, 4) is 34.5 Å². The summed E-state index contributed by atoms with van der Waals surface area (Å²) in [5, 5.41) is 5.17. The number of hydrogen-bond acceptors (Lipinski definition) is 18. The second-order valence-corrected chi connectivity index (χ2v) is 22.4. The molecule has 0 amide bonds. The van der Waals surface area contributed by atoms with Gasteiger partial charge in [-0.15, -0.1) is 0 Å². The molecule has 0 atom stereocenters. The lowest BCUT2D eigenvalue weighted by Crippen LogP contribution is -2.41. The molecule has 7 rings (SSSR count). The number of carbonyl (C=O) groups excluding carboxylic acids is 4. The Morgan fingerprint density at radius 3 is 1.58 bits per heavy atom. The summed E-state index contributed by atoms with van der Waals surface area (Å²) in [5.74, 6) is 2.89. The highest BCUT2D eigenvalue weighted by molar-refractivity contribution is 7.22. The second kappa shape index (κ2) is 36.0. The van der Waals surface area contributed by atoms with E-state index in [1.54, 1.807) is 42.7 Å². The zero-order valence-corrected chi connectivity index (χ0v) is 49.9. The van der Waals surface area contributed by atoms with Gasteiger partial charge in [-0.3, -0.25) is 14.6 Å². The molecule has 2 aliphatic carbocycles. The lowest BCUT2D eigenvalue weighted by Gasteiger charge is -2.32. The molecule has 2 fully saturated rings. The molecule has 0 radical (unpaired) electrons. The van der Waals surface area contributed by atoms with Crippen LogP contribution in [0.3, 0.4) is 0 Å². The van der Waals surface area contributed by atoms with E-state index >= 15 is 0 Å². The van der Waals surface area contributed by atoms with Gasteiger partial charge in [-0.05, 0) is 193 Å². The molecule has 2 saturated carbocycles. The third-order valence-corrected chi connectivity index (χ3v) is 16.1. The zero-order chi connectivity index (χ0) is 59.1. The fourth-order valence-electron chi connectivity index (χ4n) is 10.1. The first-order chi connectivity index (χ1) is 41.1. The number of unbranched alkanes of at least 4 members (excludes halogenated alkanes) is 6. The Bertz CT molecular complexity index is 2760. The zero-order valence-electron chi connectivity index (χ0n) is 49.1. The summed E-state index contributed by atoms with van der Waals surface area (Å²) < 4.78 is 59.0. The summed E-state index contributed by atoms with van der Waals surface area (Å²) in [6.07, 6.45) is 15.8. The first kappa shape index (κ1) is 64.6. The van der Waals surface area contributed by atoms with E-state index in [2.05, 4.69) is 42.4 Å². The van der Waals surface area contributed by atoms with Gasteiger partial charge in [0.2, 0.25) is 5.13 Å². The molecule has 0 aliphatic heterocycles. The lowest BCUT2D eigenvalue weighted by molar-refractivity contribution is -0.141. The Labute approximate surface area is 499 Å². The number of hydrazine groups is 1. The molecule has 0 spiro atoms. The van der Waals surface area contributed by atoms with Crippen LogP contribution in [0.25, 0.3) is 10.2 Å². The monoisotopic (exact) mass is 1180 g/mol. The number of benzene rings is 4. The van der Waals surface area contributed by atoms with Crippen LogP contribution in [-0.4, -0.2) is 114 Å². The standard InChI is InChI=1S/C66H85N3O14S/c1-5-62(70)78-40-15-9-7-13-38-76-54-27-31-56(32-28-54)82-64(72)51-23-19-49(20-24-51)47-80-58-35-36-60(53(45-58)46-68(3)69(37-42-75-44-43-74-4)66-67-59-17-11-12-18-61(59)84-66)81-48-50-21-25-52(26-22-50)65(73)83-57-33-29-55(30-34-57)77-39-14-8-10-16-41-79-63(71)6-2/h5-6,11-12,17-18,27-36,45,49-52H,1-2,7-10,13-16,19-26,37-44,46-48H2,3-4H3. The minimum absolute atomic E-state index is 0.184. The SMILES string of the molecule is C=CC(=O)OCCCCCCOc1ccc(OC(=O)C2CCC(COc3ccc(OCC4CCC(C(=O)Oc5ccc(OCCCCCCOC(=O)C=C)cc5)CC4)c(CN(C)N(CCOCCOC)c4nc5ccccc5s4)c3)CC2)cc1. The van der Waals surface area contributed by atoms with Crippen LogP contribution in [0.4, 0.5) is 5.13 Å². The van der Waals surface area contributed by atoms with E-state index in [0.29, 0.717) is 108 Å². The van der Waals surface area contributed by atoms with Crippen molar-refractivity contribution < 1.29 is 66.5 Å². The number of rotatable bonds is 38. The van der Waals surface area contributed by atoms with E-state index in [-0.39, 0.29) is 35.6 Å². The fraction of sp³-hybridized carbons (Fsp3) is 0.500. The summed E-state index contributed by atoms with van der Waals surface area (Å²) in [6.45, 7) is 12.3. The maximum atomic E-state index is 13.4. The number of aromatic nitrogens is 1. The van der Waals surface area contributed by atoms with Gasteiger partial charge in [0.05, 0.1) is 88.1 Å². The van der Waals surface area contributed by atoms with E-state index in [4.69, 9.17) is 52.4 Å². The number of carbonyl (C=O) groups is 4. The van der Waals surface area contributed by atoms with Gasteiger partial charge in [0.15, 0.2) is 0 Å². The van der Waals surface area contributed by atoms with Crippen molar-refractivity contribution in [1.29, 1.82) is 0 Å². The summed E-state index contributed by atoms with van der Waals surface area (Å²) in [4.78, 5) is 54.0. The molecule has 84 heavy (non-hydrogen) atoms. The predicted molar refractivity (Wildman–Crippen MR) is 324 cm³/mol. The number of methoxy groups -OCH3 is 1. The third kappa shape index (κ3) is 22.2. The highest BCUT2D eigenvalue weighted by Gasteiger charge is 2.30. The number of ether oxygens (including phenoxy) is 10. The average Bonchev–Trinajstić information content (AvgIpc) is 4.19. The Kier molecular flexibility index (Phi) is 27.7. The van der Waals surface area contributed by atoms with Crippen molar-refractivity contribution in [3.05, 3.63) is 122 Å². The highest BCUT2D eigenvalue weighted by atomic mass is 32.1. The quantitative estimate of drug-likeness (QED) is 0.0120. The van der Waals surface area contributed by atoms with Gasteiger partial charge in [-0.2, -0.15) is 0 Å². The minimum Gasteiger partial charge on any atom is -0.494 e. The Morgan fingerprint density at radius 2 is 1.06 bits per heavy atom. The van der Waals surface area contributed by atoms with Crippen LogP contribution in [0.5, 0.6) is 34.5 Å². The summed E-state index contributed by atoms with van der Waals surface area (Å²) >= 11 is 1.63. The second-order valence-electron chi connectivity index (χ2n) is 21.4. The van der Waals surface area contributed by atoms with Crippen LogP contribution in [0, 0.1) is 23.7 Å². The van der Waals surface area contributed by atoms with Crippen molar-refractivity contribution in [3.63, 3.8) is 0 Å². The van der Waals surface area contributed by atoms with Crippen molar-refractivity contribution >= 4 is 50.6 Å². The summed E-state index contributed by atoms with van der Waals surface area (Å²) in [6, 6.07) is 28.6. The topological polar surface area (TPSA) is 180 Å². The van der Waals surface area contributed by atoms with Crippen LogP contribution in [0.1, 0.15) is 108 Å². The molecular weight excluding hydrogens is 1090 g/mol. The summed E-state index contributed by atoms with van der Waals surface area (Å²) in [5.41, 5.74) is 1.89. The molecule has 17 nitrogen and oxygen atoms in total. The van der Waals surface area contributed by atoms with E-state index in [1.165, 1.54) is 12.2 Å². The average molecular weight is 1180 g/mol. The molecule has 0 bridgehead atoms. The van der Waals surface area contributed by atoms with Crippen LogP contribution in [0.15, 0.2) is 116 Å². The lowest BCUT2D eigenvalue weighted by atomic mass is 9.82. The molecule has 0 N–H and O–H groups in total. The number of para-hydroxylation sites is 1. The van der Waals surface area contributed by atoms with Crippen molar-refractivity contribution in [2.75, 3.05) is 85.2 Å². The number of nitrogens with zero attached hydrogens (tertiary/aromatic N) is 3. The Morgan fingerprint density at radius 1 is 0.560 bits per heavy atom. The van der Waals surface area contributed by atoms with E-state index in [0.717, 1.165) is 122 Å². The largest absolute Gasteiger partial charge is 0.494 e. The molecule has 0 saturated heterocycles. The molecular formula is C66H85N3O14S. The molecule has 2 aliphatic rings. The van der Waals surface area contributed by atoms with Crippen molar-refractivity contribution in [2.45, 2.75) is 109 Å². The molecule has 5 aromatic rings.